The highest BCUT2D eigenvalue weighted by atomic mass is 16.5. The van der Waals surface area contributed by atoms with Crippen LogP contribution in [0.4, 0.5) is 0 Å². The van der Waals surface area contributed by atoms with E-state index in [1.165, 1.54) is 19.3 Å². The summed E-state index contributed by atoms with van der Waals surface area (Å²) in [6.07, 6.45) is 4.13. The maximum absolute atomic E-state index is 5.93. The van der Waals surface area contributed by atoms with E-state index in [9.17, 15) is 0 Å². The molecule has 0 amide bonds. The Labute approximate surface area is 100 Å². The molecule has 2 N–H and O–H groups in total. The molecule has 3 nitrogen and oxygen atoms in total. The van der Waals surface area contributed by atoms with Crippen LogP contribution in [-0.4, -0.2) is 43.3 Å². The number of hydrogen-bond acceptors (Lipinski definition) is 3. The zero-order valence-electron chi connectivity index (χ0n) is 11.3. The van der Waals surface area contributed by atoms with Gasteiger partial charge in [0.15, 0.2) is 0 Å². The van der Waals surface area contributed by atoms with Gasteiger partial charge in [0, 0.05) is 25.2 Å². The highest BCUT2D eigenvalue weighted by Crippen LogP contribution is 2.24. The molecule has 2 atom stereocenters. The van der Waals surface area contributed by atoms with Crippen molar-refractivity contribution in [1.29, 1.82) is 0 Å². The van der Waals surface area contributed by atoms with Crippen molar-refractivity contribution in [2.24, 2.45) is 11.7 Å². The van der Waals surface area contributed by atoms with Crippen LogP contribution >= 0.6 is 0 Å². The zero-order chi connectivity index (χ0) is 12.2. The average molecular weight is 228 g/mol. The third kappa shape index (κ3) is 3.19. The van der Waals surface area contributed by atoms with Gasteiger partial charge in [0.25, 0.3) is 0 Å². The first-order valence-electron chi connectivity index (χ1n) is 6.53. The Balaban J connectivity index is 2.51. The van der Waals surface area contributed by atoms with Crippen molar-refractivity contribution in [2.45, 2.75) is 51.7 Å². The topological polar surface area (TPSA) is 38.5 Å². The van der Waals surface area contributed by atoms with Gasteiger partial charge in [-0.1, -0.05) is 13.8 Å². The van der Waals surface area contributed by atoms with E-state index in [1.807, 2.05) is 0 Å². The Morgan fingerprint density at radius 3 is 2.56 bits per heavy atom. The quantitative estimate of drug-likeness (QED) is 0.780. The van der Waals surface area contributed by atoms with Crippen LogP contribution in [0.15, 0.2) is 0 Å². The minimum Gasteiger partial charge on any atom is -0.377 e. The minimum atomic E-state index is 0.0841. The lowest BCUT2D eigenvalue weighted by atomic mass is 9.86. The van der Waals surface area contributed by atoms with Crippen LogP contribution in [0.5, 0.6) is 0 Å². The Hall–Kier alpha value is -0.120. The van der Waals surface area contributed by atoms with E-state index in [0.29, 0.717) is 18.6 Å². The second-order valence-corrected chi connectivity index (χ2v) is 5.59. The largest absolute Gasteiger partial charge is 0.377 e. The Bertz CT molecular complexity index is 202. The van der Waals surface area contributed by atoms with Gasteiger partial charge in [-0.3, -0.25) is 4.90 Å². The van der Waals surface area contributed by atoms with E-state index in [0.717, 1.165) is 13.2 Å². The van der Waals surface area contributed by atoms with Crippen LogP contribution in [0, 0.1) is 5.92 Å². The van der Waals surface area contributed by atoms with Crippen LogP contribution in [0.1, 0.15) is 40.0 Å². The van der Waals surface area contributed by atoms with Gasteiger partial charge in [0.05, 0.1) is 6.10 Å². The van der Waals surface area contributed by atoms with Gasteiger partial charge in [0.2, 0.25) is 0 Å². The number of ether oxygens (including phenoxy) is 1. The van der Waals surface area contributed by atoms with Crippen LogP contribution < -0.4 is 5.73 Å². The summed E-state index contributed by atoms with van der Waals surface area (Å²) in [6.45, 7) is 9.37. The predicted octanol–water partition coefficient (Wildman–Crippen LogP) is 1.86. The van der Waals surface area contributed by atoms with Gasteiger partial charge >= 0.3 is 0 Å². The monoisotopic (exact) mass is 228 g/mol. The van der Waals surface area contributed by atoms with Crippen LogP contribution in [0.25, 0.3) is 0 Å². The van der Waals surface area contributed by atoms with Crippen LogP contribution in [0.2, 0.25) is 0 Å². The number of nitrogens with two attached hydrogens (primary N) is 1. The van der Waals surface area contributed by atoms with E-state index in [-0.39, 0.29) is 5.54 Å². The van der Waals surface area contributed by atoms with Gasteiger partial charge < -0.3 is 10.5 Å². The minimum absolute atomic E-state index is 0.0841. The van der Waals surface area contributed by atoms with Crippen LogP contribution in [-0.2, 0) is 4.74 Å². The highest BCUT2D eigenvalue weighted by molar-refractivity contribution is 4.89. The number of nitrogens with zero attached hydrogens (tertiary/aromatic N) is 1. The lowest BCUT2D eigenvalue weighted by Crippen LogP contribution is -2.55. The first-order valence-corrected chi connectivity index (χ1v) is 6.53. The molecular formula is C13H28N2O. The Morgan fingerprint density at radius 1 is 1.44 bits per heavy atom. The average Bonchev–Trinajstić information content (AvgIpc) is 2.28. The van der Waals surface area contributed by atoms with Crippen molar-refractivity contribution < 1.29 is 4.74 Å². The fourth-order valence-electron chi connectivity index (χ4n) is 2.30. The molecule has 0 aromatic rings. The molecular weight excluding hydrogens is 200 g/mol. The highest BCUT2D eigenvalue weighted by Gasteiger charge is 2.32. The van der Waals surface area contributed by atoms with E-state index < -0.39 is 0 Å². The van der Waals surface area contributed by atoms with Crippen molar-refractivity contribution >= 4 is 0 Å². The van der Waals surface area contributed by atoms with Gasteiger partial charge in [-0.15, -0.1) is 0 Å². The van der Waals surface area contributed by atoms with Crippen molar-refractivity contribution in [3.8, 4) is 0 Å². The van der Waals surface area contributed by atoms with Crippen molar-refractivity contribution in [2.75, 3.05) is 26.7 Å². The predicted molar refractivity (Wildman–Crippen MR) is 68.5 cm³/mol. The maximum Gasteiger partial charge on any atom is 0.0702 e. The molecule has 0 spiro atoms. The summed E-state index contributed by atoms with van der Waals surface area (Å²) in [4.78, 5) is 2.38. The molecule has 1 aliphatic heterocycles. The lowest BCUT2D eigenvalue weighted by molar-refractivity contribution is -0.0276. The van der Waals surface area contributed by atoms with Crippen LogP contribution in [0.3, 0.4) is 0 Å². The van der Waals surface area contributed by atoms with E-state index >= 15 is 0 Å². The van der Waals surface area contributed by atoms with Crippen molar-refractivity contribution in [1.82, 2.24) is 4.90 Å². The molecule has 1 aliphatic rings. The lowest BCUT2D eigenvalue weighted by Gasteiger charge is -2.43. The molecule has 96 valence electrons. The summed E-state index contributed by atoms with van der Waals surface area (Å²) in [5, 5.41) is 0. The molecule has 1 heterocycles. The second-order valence-electron chi connectivity index (χ2n) is 5.59. The molecule has 0 aromatic carbocycles. The van der Waals surface area contributed by atoms with E-state index in [2.05, 4.69) is 32.7 Å². The molecule has 1 rings (SSSR count). The fraction of sp³-hybridized carbons (Fsp3) is 1.00. The molecule has 3 heteroatoms. The zero-order valence-corrected chi connectivity index (χ0v) is 11.3. The second kappa shape index (κ2) is 5.99. The third-order valence-corrected chi connectivity index (χ3v) is 4.28. The summed E-state index contributed by atoms with van der Waals surface area (Å²) in [5.74, 6) is 0.561. The van der Waals surface area contributed by atoms with Crippen molar-refractivity contribution in [3.05, 3.63) is 0 Å². The standard InChI is InChI=1S/C13H28N2O/c1-11(2)13(3,10-14)15(4)9-12-7-5-6-8-16-12/h11-12H,5-10,14H2,1-4H3. The Morgan fingerprint density at radius 2 is 2.12 bits per heavy atom. The summed E-state index contributed by atoms with van der Waals surface area (Å²) in [5.41, 5.74) is 6.02. The summed E-state index contributed by atoms with van der Waals surface area (Å²) in [6, 6.07) is 0. The van der Waals surface area contributed by atoms with Crippen molar-refractivity contribution in [3.63, 3.8) is 0 Å². The molecule has 0 aromatic heterocycles. The Kier molecular flexibility index (Phi) is 5.22. The number of likely N-dealkylation sites (N-methyl/N-ethyl adjacent to an activating group) is 1. The molecule has 16 heavy (non-hydrogen) atoms. The van der Waals surface area contributed by atoms with E-state index in [1.54, 1.807) is 0 Å². The fourth-order valence-corrected chi connectivity index (χ4v) is 2.30. The van der Waals surface area contributed by atoms with Gasteiger partial charge in [-0.2, -0.15) is 0 Å². The van der Waals surface area contributed by atoms with Gasteiger partial charge in [0.1, 0.15) is 0 Å². The molecule has 0 radical (unpaired) electrons. The maximum atomic E-state index is 5.93. The smallest absolute Gasteiger partial charge is 0.0702 e. The molecule has 2 unspecified atom stereocenters. The summed E-state index contributed by atoms with van der Waals surface area (Å²) >= 11 is 0. The molecule has 0 aliphatic carbocycles. The SMILES string of the molecule is CC(C)C(C)(CN)N(C)CC1CCCCO1. The molecule has 1 saturated heterocycles. The molecule has 0 bridgehead atoms. The first-order chi connectivity index (χ1) is 7.50. The summed E-state index contributed by atoms with van der Waals surface area (Å²) < 4.78 is 5.79. The number of hydrogen-bond donors (Lipinski definition) is 1. The first kappa shape index (κ1) is 13.9. The number of rotatable bonds is 5. The normalized spacial score (nSPS) is 26.1. The molecule has 0 saturated carbocycles. The third-order valence-electron chi connectivity index (χ3n) is 4.28. The summed E-state index contributed by atoms with van der Waals surface area (Å²) in [7, 11) is 2.17. The van der Waals surface area contributed by atoms with Gasteiger partial charge in [-0.05, 0) is 39.2 Å². The van der Waals surface area contributed by atoms with E-state index in [4.69, 9.17) is 10.5 Å². The molecule has 1 fully saturated rings. The van der Waals surface area contributed by atoms with Gasteiger partial charge in [-0.25, -0.2) is 0 Å².